The maximum Gasteiger partial charge on any atom is 0.356 e. The van der Waals surface area contributed by atoms with Gasteiger partial charge in [0.15, 0.2) is 0 Å². The van der Waals surface area contributed by atoms with Gasteiger partial charge in [-0.2, -0.15) is 0 Å². The predicted molar refractivity (Wildman–Crippen MR) is 96.4 cm³/mol. The van der Waals surface area contributed by atoms with Crippen molar-refractivity contribution in [1.82, 2.24) is 4.98 Å². The number of carbonyl (C=O) groups is 4. The first kappa shape index (κ1) is 23.1. The number of ether oxygens (including phenoxy) is 4. The van der Waals surface area contributed by atoms with E-state index in [-0.39, 0.29) is 37.8 Å². The number of carbonyl (C=O) groups excluding carboxylic acids is 4. The zero-order valence-corrected chi connectivity index (χ0v) is 16.4. The standard InChI is InChI=1S/C19H25NO8/c1-5-25-16(21)12(3)10-27-18(23)14-8-7-9-15(20-14)19(24)28-11-13(4)17(22)26-6-2/h7-9,12-13H,5-6,10-11H2,1-4H3. The Kier molecular flexibility index (Phi) is 9.63. The second kappa shape index (κ2) is 11.7. The Morgan fingerprint density at radius 2 is 1.18 bits per heavy atom. The summed E-state index contributed by atoms with van der Waals surface area (Å²) in [6.07, 6.45) is 0. The molecule has 0 fully saturated rings. The fourth-order valence-electron chi connectivity index (χ4n) is 1.92. The van der Waals surface area contributed by atoms with Gasteiger partial charge in [-0.3, -0.25) is 9.59 Å². The average molecular weight is 395 g/mol. The van der Waals surface area contributed by atoms with Crippen LogP contribution in [0.15, 0.2) is 18.2 Å². The molecule has 0 aliphatic rings. The molecule has 0 radical (unpaired) electrons. The van der Waals surface area contributed by atoms with Crippen LogP contribution in [-0.4, -0.2) is 55.3 Å². The molecule has 9 nitrogen and oxygen atoms in total. The van der Waals surface area contributed by atoms with Gasteiger partial charge in [0.1, 0.15) is 24.6 Å². The SMILES string of the molecule is CCOC(=O)C(C)COC(=O)c1cccc(C(=O)OCC(C)C(=O)OCC)n1. The molecule has 0 aromatic carbocycles. The highest BCUT2D eigenvalue weighted by Gasteiger charge is 2.20. The van der Waals surface area contributed by atoms with Crippen LogP contribution in [0.5, 0.6) is 0 Å². The maximum atomic E-state index is 12.1. The van der Waals surface area contributed by atoms with Gasteiger partial charge in [-0.1, -0.05) is 6.07 Å². The molecule has 0 amide bonds. The number of hydrogen-bond acceptors (Lipinski definition) is 9. The van der Waals surface area contributed by atoms with Crippen LogP contribution in [0.3, 0.4) is 0 Å². The van der Waals surface area contributed by atoms with E-state index in [1.54, 1.807) is 27.7 Å². The van der Waals surface area contributed by atoms with Crippen LogP contribution in [0.2, 0.25) is 0 Å². The van der Waals surface area contributed by atoms with E-state index in [9.17, 15) is 19.2 Å². The zero-order valence-electron chi connectivity index (χ0n) is 16.4. The largest absolute Gasteiger partial charge is 0.466 e. The van der Waals surface area contributed by atoms with E-state index in [1.165, 1.54) is 18.2 Å². The Balaban J connectivity index is 2.62. The lowest BCUT2D eigenvalue weighted by Gasteiger charge is -2.12. The summed E-state index contributed by atoms with van der Waals surface area (Å²) in [6.45, 7) is 6.61. The summed E-state index contributed by atoms with van der Waals surface area (Å²) < 4.78 is 19.7. The highest BCUT2D eigenvalue weighted by Crippen LogP contribution is 2.08. The summed E-state index contributed by atoms with van der Waals surface area (Å²) in [4.78, 5) is 51.1. The van der Waals surface area contributed by atoms with Gasteiger partial charge in [0.05, 0.1) is 25.0 Å². The smallest absolute Gasteiger partial charge is 0.356 e. The lowest BCUT2D eigenvalue weighted by molar-refractivity contribution is -0.149. The van der Waals surface area contributed by atoms with E-state index in [2.05, 4.69) is 4.98 Å². The minimum atomic E-state index is -0.786. The molecule has 1 heterocycles. The Morgan fingerprint density at radius 3 is 1.54 bits per heavy atom. The first-order valence-electron chi connectivity index (χ1n) is 8.94. The molecule has 0 spiro atoms. The minimum absolute atomic E-state index is 0.107. The number of aromatic nitrogens is 1. The van der Waals surface area contributed by atoms with Crippen molar-refractivity contribution in [3.63, 3.8) is 0 Å². The fourth-order valence-corrected chi connectivity index (χ4v) is 1.92. The molecule has 28 heavy (non-hydrogen) atoms. The van der Waals surface area contributed by atoms with Crippen molar-refractivity contribution < 1.29 is 38.1 Å². The molecule has 154 valence electrons. The van der Waals surface area contributed by atoms with E-state index < -0.39 is 35.7 Å². The Bertz CT molecular complexity index is 648. The summed E-state index contributed by atoms with van der Waals surface area (Å²) in [7, 11) is 0. The summed E-state index contributed by atoms with van der Waals surface area (Å²) in [5, 5.41) is 0. The van der Waals surface area contributed by atoms with Gasteiger partial charge < -0.3 is 18.9 Å². The molecule has 1 aromatic rings. The van der Waals surface area contributed by atoms with Crippen LogP contribution in [0.4, 0.5) is 0 Å². The minimum Gasteiger partial charge on any atom is -0.466 e. The summed E-state index contributed by atoms with van der Waals surface area (Å²) in [5.74, 6) is -3.77. The van der Waals surface area contributed by atoms with Gasteiger partial charge in [0.2, 0.25) is 0 Å². The molecule has 1 rings (SSSR count). The van der Waals surface area contributed by atoms with Gasteiger partial charge in [0.25, 0.3) is 0 Å². The Labute approximate surface area is 163 Å². The summed E-state index contributed by atoms with van der Waals surface area (Å²) in [5.41, 5.74) is -0.215. The van der Waals surface area contributed by atoms with Gasteiger partial charge in [0, 0.05) is 0 Å². The van der Waals surface area contributed by atoms with Crippen LogP contribution >= 0.6 is 0 Å². The first-order chi connectivity index (χ1) is 13.3. The van der Waals surface area contributed by atoms with Gasteiger partial charge in [-0.25, -0.2) is 14.6 Å². The Morgan fingerprint density at radius 1 is 0.786 bits per heavy atom. The van der Waals surface area contributed by atoms with Crippen molar-refractivity contribution >= 4 is 23.9 Å². The van der Waals surface area contributed by atoms with Crippen LogP contribution in [0.1, 0.15) is 48.7 Å². The number of esters is 4. The third-order valence-electron chi connectivity index (χ3n) is 3.47. The summed E-state index contributed by atoms with van der Waals surface area (Å²) in [6, 6.07) is 4.19. The molecule has 0 aliphatic carbocycles. The lowest BCUT2D eigenvalue weighted by Crippen LogP contribution is -2.23. The second-order valence-electron chi connectivity index (χ2n) is 5.91. The Hall–Kier alpha value is -2.97. The molecule has 1 aromatic heterocycles. The molecule has 0 saturated carbocycles. The van der Waals surface area contributed by atoms with Crippen LogP contribution in [0, 0.1) is 11.8 Å². The van der Waals surface area contributed by atoms with Crippen molar-refractivity contribution in [3.05, 3.63) is 29.6 Å². The number of hydrogen-bond donors (Lipinski definition) is 0. The number of nitrogens with zero attached hydrogens (tertiary/aromatic N) is 1. The van der Waals surface area contributed by atoms with E-state index >= 15 is 0 Å². The average Bonchev–Trinajstić information content (AvgIpc) is 2.69. The molecular formula is C19H25NO8. The quantitative estimate of drug-likeness (QED) is 0.431. The van der Waals surface area contributed by atoms with Crippen molar-refractivity contribution in [2.24, 2.45) is 11.8 Å². The van der Waals surface area contributed by atoms with E-state index in [4.69, 9.17) is 18.9 Å². The van der Waals surface area contributed by atoms with E-state index in [1.807, 2.05) is 0 Å². The predicted octanol–water partition coefficient (Wildman–Crippen LogP) is 1.79. The fraction of sp³-hybridized carbons (Fsp3) is 0.526. The molecule has 0 bridgehead atoms. The van der Waals surface area contributed by atoms with Crippen LogP contribution in [-0.2, 0) is 28.5 Å². The molecule has 9 heteroatoms. The van der Waals surface area contributed by atoms with Gasteiger partial charge in [-0.05, 0) is 39.8 Å². The molecule has 2 atom stereocenters. The van der Waals surface area contributed by atoms with Gasteiger partial charge >= 0.3 is 23.9 Å². The highest BCUT2D eigenvalue weighted by atomic mass is 16.6. The van der Waals surface area contributed by atoms with E-state index in [0.29, 0.717) is 0 Å². The van der Waals surface area contributed by atoms with Crippen LogP contribution < -0.4 is 0 Å². The zero-order chi connectivity index (χ0) is 21.1. The van der Waals surface area contributed by atoms with Crippen molar-refractivity contribution in [1.29, 1.82) is 0 Å². The van der Waals surface area contributed by atoms with Crippen LogP contribution in [0.25, 0.3) is 0 Å². The normalized spacial score (nSPS) is 12.4. The molecule has 0 saturated heterocycles. The van der Waals surface area contributed by atoms with Gasteiger partial charge in [-0.15, -0.1) is 0 Å². The third kappa shape index (κ3) is 7.34. The lowest BCUT2D eigenvalue weighted by atomic mass is 10.2. The van der Waals surface area contributed by atoms with E-state index in [0.717, 1.165) is 0 Å². The number of rotatable bonds is 10. The van der Waals surface area contributed by atoms with Crippen molar-refractivity contribution in [2.45, 2.75) is 27.7 Å². The molecule has 2 unspecified atom stereocenters. The summed E-state index contributed by atoms with van der Waals surface area (Å²) >= 11 is 0. The monoisotopic (exact) mass is 395 g/mol. The molecule has 0 aliphatic heterocycles. The second-order valence-corrected chi connectivity index (χ2v) is 5.91. The number of pyridine rings is 1. The highest BCUT2D eigenvalue weighted by molar-refractivity contribution is 5.91. The first-order valence-corrected chi connectivity index (χ1v) is 8.94. The maximum absolute atomic E-state index is 12.1. The van der Waals surface area contributed by atoms with Crippen molar-refractivity contribution in [2.75, 3.05) is 26.4 Å². The topological polar surface area (TPSA) is 118 Å². The third-order valence-corrected chi connectivity index (χ3v) is 3.47. The molecular weight excluding hydrogens is 370 g/mol. The molecule has 0 N–H and O–H groups in total. The van der Waals surface area contributed by atoms with Crippen molar-refractivity contribution in [3.8, 4) is 0 Å².